The molecular formula is C23H19ClF2N4O4S. The van der Waals surface area contributed by atoms with Gasteiger partial charge in [0.1, 0.15) is 40.7 Å². The van der Waals surface area contributed by atoms with Gasteiger partial charge in [-0.25, -0.2) is 13.5 Å². The van der Waals surface area contributed by atoms with Crippen LogP contribution in [-0.2, 0) is 9.53 Å². The van der Waals surface area contributed by atoms with Crippen molar-refractivity contribution in [2.24, 2.45) is 0 Å². The number of amides is 1. The number of rotatable bonds is 5. The van der Waals surface area contributed by atoms with E-state index in [0.29, 0.717) is 5.69 Å². The van der Waals surface area contributed by atoms with E-state index in [9.17, 15) is 23.8 Å². The topological polar surface area (TPSA) is 110 Å². The first-order valence-corrected chi connectivity index (χ1v) is 11.9. The lowest BCUT2D eigenvalue weighted by Gasteiger charge is -2.37. The molecule has 3 heterocycles. The van der Waals surface area contributed by atoms with Gasteiger partial charge in [-0.15, -0.1) is 16.4 Å². The number of anilines is 1. The molecule has 12 heteroatoms. The van der Waals surface area contributed by atoms with Gasteiger partial charge in [0.25, 0.3) is 5.91 Å². The Morgan fingerprint density at radius 1 is 1.26 bits per heavy atom. The van der Waals surface area contributed by atoms with Crippen LogP contribution in [0.3, 0.4) is 0 Å². The van der Waals surface area contributed by atoms with E-state index in [1.54, 1.807) is 17.4 Å². The molecule has 1 saturated heterocycles. The predicted octanol–water partition coefficient (Wildman–Crippen LogP) is 3.78. The number of hydrogen-bond donors (Lipinski definition) is 3. The first-order chi connectivity index (χ1) is 16.8. The lowest BCUT2D eigenvalue weighted by molar-refractivity contribution is -0.167. The molecule has 8 nitrogen and oxygen atoms in total. The summed E-state index contributed by atoms with van der Waals surface area (Å²) >= 11 is 7.09. The van der Waals surface area contributed by atoms with E-state index in [1.165, 1.54) is 10.9 Å². The Morgan fingerprint density at radius 2 is 2.03 bits per heavy atom. The molecule has 35 heavy (non-hydrogen) atoms. The molecular weight excluding hydrogens is 502 g/mol. The van der Waals surface area contributed by atoms with E-state index >= 15 is 0 Å². The second-order valence-corrected chi connectivity index (χ2v) is 9.47. The average Bonchev–Trinajstić information content (AvgIpc) is 3.52. The van der Waals surface area contributed by atoms with Crippen LogP contribution in [0.1, 0.15) is 12.5 Å². The molecule has 0 bridgehead atoms. The van der Waals surface area contributed by atoms with Crippen LogP contribution in [0.25, 0.3) is 21.3 Å². The van der Waals surface area contributed by atoms with Crippen LogP contribution < -0.4 is 5.32 Å². The molecule has 182 valence electrons. The van der Waals surface area contributed by atoms with Gasteiger partial charge in [-0.1, -0.05) is 22.9 Å². The summed E-state index contributed by atoms with van der Waals surface area (Å²) in [5.74, 6) is -2.33. The van der Waals surface area contributed by atoms with Crippen molar-refractivity contribution < 1.29 is 28.5 Å². The van der Waals surface area contributed by atoms with Crippen LogP contribution in [0, 0.1) is 11.6 Å². The fraction of sp³-hybridized carbons (Fsp3) is 0.261. The maximum Gasteiger partial charge on any atom is 0.253 e. The third-order valence-corrected chi connectivity index (χ3v) is 7.14. The van der Waals surface area contributed by atoms with Crippen LogP contribution in [0.5, 0.6) is 0 Å². The fourth-order valence-electron chi connectivity index (χ4n) is 4.07. The molecule has 1 amide bonds. The molecule has 0 radical (unpaired) electrons. The van der Waals surface area contributed by atoms with E-state index in [0.717, 1.165) is 22.2 Å². The first kappa shape index (κ1) is 23.8. The molecule has 2 aromatic carbocycles. The summed E-state index contributed by atoms with van der Waals surface area (Å²) in [7, 11) is 0. The summed E-state index contributed by atoms with van der Waals surface area (Å²) in [6.45, 7) is -0.530. The molecule has 0 saturated carbocycles. The van der Waals surface area contributed by atoms with E-state index in [2.05, 4.69) is 15.6 Å². The lowest BCUT2D eigenvalue weighted by Crippen LogP contribution is -2.51. The number of benzene rings is 2. The molecule has 1 aliphatic rings. The van der Waals surface area contributed by atoms with Gasteiger partial charge < -0.3 is 20.3 Å². The first-order valence-electron chi connectivity index (χ1n) is 10.6. The Hall–Kier alpha value is -2.96. The van der Waals surface area contributed by atoms with Gasteiger partial charge in [-0.05, 0) is 41.1 Å². The normalized spacial score (nSPS) is 22.4. The van der Waals surface area contributed by atoms with Gasteiger partial charge in [0.15, 0.2) is 0 Å². The number of halogens is 3. The number of thiophene rings is 1. The van der Waals surface area contributed by atoms with Crippen molar-refractivity contribution in [3.63, 3.8) is 0 Å². The van der Waals surface area contributed by atoms with Crippen LogP contribution in [0.2, 0.25) is 5.02 Å². The zero-order valence-electron chi connectivity index (χ0n) is 17.9. The van der Waals surface area contributed by atoms with Crippen molar-refractivity contribution in [2.45, 2.75) is 30.8 Å². The fourth-order valence-corrected chi connectivity index (χ4v) is 5.01. The Morgan fingerprint density at radius 3 is 2.77 bits per heavy atom. The van der Waals surface area contributed by atoms with Gasteiger partial charge in [-0.3, -0.25) is 4.79 Å². The number of nitrogens with zero attached hydrogens (tertiary/aromatic N) is 3. The van der Waals surface area contributed by atoms with Gasteiger partial charge in [-0.2, -0.15) is 0 Å². The summed E-state index contributed by atoms with van der Waals surface area (Å²) in [6, 6.07) is 8.76. The van der Waals surface area contributed by atoms with Crippen LogP contribution in [0.15, 0.2) is 48.0 Å². The van der Waals surface area contributed by atoms with Crippen LogP contribution >= 0.6 is 22.9 Å². The largest absolute Gasteiger partial charge is 0.394 e. The summed E-state index contributed by atoms with van der Waals surface area (Å²) in [4.78, 5) is 13.0. The molecule has 5 rings (SSSR count). The van der Waals surface area contributed by atoms with Gasteiger partial charge in [0.2, 0.25) is 0 Å². The van der Waals surface area contributed by atoms with Crippen molar-refractivity contribution in [1.82, 2.24) is 15.0 Å². The molecule has 1 aliphatic heterocycles. The molecule has 0 unspecified atom stereocenters. The Bertz CT molecular complexity index is 1370. The Balaban J connectivity index is 1.37. The lowest BCUT2D eigenvalue weighted by atomic mass is 9.95. The summed E-state index contributed by atoms with van der Waals surface area (Å²) in [5, 5.41) is 33.6. The highest BCUT2D eigenvalue weighted by Gasteiger charge is 2.42. The SMILES string of the molecule is O=C(Nc1ccc2ccsc2c1)[C@H]1C[C@@H](n2cc(-c3cc(F)c(Cl)c(F)c3)nn2)[C@@H](O)[C@@H](CO)O1. The molecule has 2 aromatic heterocycles. The molecule has 3 N–H and O–H groups in total. The predicted molar refractivity (Wildman–Crippen MR) is 126 cm³/mol. The number of ether oxygens (including phenoxy) is 1. The number of aliphatic hydroxyl groups is 2. The average molecular weight is 521 g/mol. The highest BCUT2D eigenvalue weighted by molar-refractivity contribution is 7.17. The number of carbonyl (C=O) groups is 1. The zero-order valence-corrected chi connectivity index (χ0v) is 19.5. The Labute approximate surface area is 206 Å². The minimum atomic E-state index is -1.21. The molecule has 4 atom stereocenters. The minimum absolute atomic E-state index is 0.0247. The monoisotopic (exact) mass is 520 g/mol. The number of aromatic nitrogens is 3. The van der Waals surface area contributed by atoms with Crippen LogP contribution in [-0.4, -0.2) is 56.0 Å². The highest BCUT2D eigenvalue weighted by atomic mass is 35.5. The second-order valence-electron chi connectivity index (χ2n) is 8.14. The summed E-state index contributed by atoms with van der Waals surface area (Å²) < 4.78 is 35.7. The van der Waals surface area contributed by atoms with E-state index in [1.807, 2.05) is 23.6 Å². The minimum Gasteiger partial charge on any atom is -0.394 e. The molecule has 0 aliphatic carbocycles. The van der Waals surface area contributed by atoms with E-state index in [4.69, 9.17) is 16.3 Å². The maximum atomic E-state index is 13.9. The molecule has 4 aromatic rings. The van der Waals surface area contributed by atoms with Crippen molar-refractivity contribution >= 4 is 44.6 Å². The highest BCUT2D eigenvalue weighted by Crippen LogP contribution is 2.32. The van der Waals surface area contributed by atoms with E-state index < -0.39 is 53.5 Å². The maximum absolute atomic E-state index is 13.9. The second kappa shape index (κ2) is 9.59. The Kier molecular flexibility index (Phi) is 6.51. The number of fused-ring (bicyclic) bond motifs is 1. The summed E-state index contributed by atoms with van der Waals surface area (Å²) in [6.07, 6.45) is -1.84. The quantitative estimate of drug-likeness (QED) is 0.346. The number of nitrogens with one attached hydrogen (secondary N) is 1. The van der Waals surface area contributed by atoms with E-state index in [-0.39, 0.29) is 17.7 Å². The van der Waals surface area contributed by atoms with Crippen molar-refractivity contribution in [3.8, 4) is 11.3 Å². The smallest absolute Gasteiger partial charge is 0.253 e. The summed E-state index contributed by atoms with van der Waals surface area (Å²) in [5.41, 5.74) is 0.838. The standard InChI is InChI=1S/C23H19ClF2N4O4S/c24-21-14(25)5-12(6-15(21)26)16-9-30(29-28-16)17-8-18(34-19(10-31)22(17)32)23(33)27-13-2-1-11-3-4-35-20(11)7-13/h1-7,9,17-19,22,31-32H,8,10H2,(H,27,33)/t17-,18-,19-,22-/m1/s1. The third kappa shape index (κ3) is 4.65. The third-order valence-electron chi connectivity index (χ3n) is 5.90. The van der Waals surface area contributed by atoms with Gasteiger partial charge in [0, 0.05) is 22.4 Å². The van der Waals surface area contributed by atoms with Gasteiger partial charge in [0.05, 0.1) is 18.8 Å². The zero-order chi connectivity index (χ0) is 24.7. The molecule has 0 spiro atoms. The molecule has 1 fully saturated rings. The van der Waals surface area contributed by atoms with Crippen LogP contribution in [0.4, 0.5) is 14.5 Å². The van der Waals surface area contributed by atoms with Crippen molar-refractivity contribution in [2.75, 3.05) is 11.9 Å². The van der Waals surface area contributed by atoms with Crippen molar-refractivity contribution in [3.05, 3.63) is 64.6 Å². The number of hydrogen-bond acceptors (Lipinski definition) is 7. The van der Waals surface area contributed by atoms with Crippen molar-refractivity contribution in [1.29, 1.82) is 0 Å². The number of carbonyl (C=O) groups excluding carboxylic acids is 1. The van der Waals surface area contributed by atoms with Gasteiger partial charge >= 0.3 is 0 Å². The number of aliphatic hydroxyl groups excluding tert-OH is 2.